The van der Waals surface area contributed by atoms with Gasteiger partial charge in [0.15, 0.2) is 0 Å². The third-order valence-electron chi connectivity index (χ3n) is 3.53. The molecule has 1 aliphatic heterocycles. The smallest absolute Gasteiger partial charge is 0.410 e. The van der Waals surface area contributed by atoms with Gasteiger partial charge in [-0.15, -0.1) is 0 Å². The minimum absolute atomic E-state index is 0.190. The highest BCUT2D eigenvalue weighted by molar-refractivity contribution is 5.68. The minimum Gasteiger partial charge on any atom is -0.444 e. The Balaban J connectivity index is 1.70. The zero-order chi connectivity index (χ0) is 13.2. The van der Waals surface area contributed by atoms with Crippen LogP contribution in [0.25, 0.3) is 0 Å². The number of likely N-dealkylation sites (tertiary alicyclic amines) is 1. The molecule has 2 aliphatic rings. The van der Waals surface area contributed by atoms with Crippen molar-refractivity contribution in [1.29, 1.82) is 0 Å². The maximum Gasteiger partial charge on any atom is 0.410 e. The average molecular weight is 255 g/mol. The van der Waals surface area contributed by atoms with Gasteiger partial charge in [-0.05, 0) is 52.9 Å². The summed E-state index contributed by atoms with van der Waals surface area (Å²) in [4.78, 5) is 13.7. The molecule has 2 rings (SSSR count). The molecular weight excluding hydrogens is 230 g/mol. The first-order valence-corrected chi connectivity index (χ1v) is 7.07. The van der Waals surface area contributed by atoms with Crippen molar-refractivity contribution in [1.82, 2.24) is 4.90 Å². The van der Waals surface area contributed by atoms with Crippen molar-refractivity contribution >= 4 is 6.09 Å². The van der Waals surface area contributed by atoms with Crippen molar-refractivity contribution < 1.29 is 14.3 Å². The van der Waals surface area contributed by atoms with E-state index >= 15 is 0 Å². The highest BCUT2D eigenvalue weighted by atomic mass is 16.6. The first kappa shape index (κ1) is 13.7. The first-order valence-electron chi connectivity index (χ1n) is 7.07. The van der Waals surface area contributed by atoms with Gasteiger partial charge in [0.05, 0.1) is 12.2 Å². The first-order chi connectivity index (χ1) is 8.44. The quantitative estimate of drug-likeness (QED) is 0.761. The maximum atomic E-state index is 11.9. The normalized spacial score (nSPS) is 22.7. The van der Waals surface area contributed by atoms with E-state index in [1.807, 2.05) is 20.8 Å². The average Bonchev–Trinajstić information content (AvgIpc) is 2.22. The highest BCUT2D eigenvalue weighted by Crippen LogP contribution is 2.26. The van der Waals surface area contributed by atoms with Crippen LogP contribution < -0.4 is 0 Å². The molecule has 0 unspecified atom stereocenters. The summed E-state index contributed by atoms with van der Waals surface area (Å²) in [7, 11) is 0. The molecule has 2 fully saturated rings. The summed E-state index contributed by atoms with van der Waals surface area (Å²) in [5.74, 6) is 0. The Hall–Kier alpha value is -0.770. The van der Waals surface area contributed by atoms with Gasteiger partial charge in [-0.1, -0.05) is 0 Å². The van der Waals surface area contributed by atoms with E-state index < -0.39 is 5.60 Å². The molecule has 0 aromatic rings. The van der Waals surface area contributed by atoms with E-state index in [0.29, 0.717) is 12.2 Å². The predicted octanol–water partition coefficient (Wildman–Crippen LogP) is 2.96. The summed E-state index contributed by atoms with van der Waals surface area (Å²) in [5, 5.41) is 0. The van der Waals surface area contributed by atoms with E-state index in [4.69, 9.17) is 9.47 Å². The summed E-state index contributed by atoms with van der Waals surface area (Å²) in [5.41, 5.74) is -0.406. The van der Waals surface area contributed by atoms with Crippen LogP contribution in [0.3, 0.4) is 0 Å². The molecule has 0 aromatic heterocycles. The highest BCUT2D eigenvalue weighted by Gasteiger charge is 2.29. The number of carbonyl (C=O) groups excluding carboxylic acids is 1. The van der Waals surface area contributed by atoms with E-state index in [2.05, 4.69) is 0 Å². The van der Waals surface area contributed by atoms with Gasteiger partial charge >= 0.3 is 6.09 Å². The predicted molar refractivity (Wildman–Crippen MR) is 69.6 cm³/mol. The van der Waals surface area contributed by atoms with Crippen molar-refractivity contribution in [2.24, 2.45) is 0 Å². The Bertz CT molecular complexity index is 286. The van der Waals surface area contributed by atoms with Gasteiger partial charge in [0.1, 0.15) is 5.60 Å². The lowest BCUT2D eigenvalue weighted by Gasteiger charge is -2.36. The van der Waals surface area contributed by atoms with Crippen LogP contribution in [0.15, 0.2) is 0 Å². The molecule has 4 nitrogen and oxygen atoms in total. The Kier molecular flexibility index (Phi) is 4.15. The monoisotopic (exact) mass is 255 g/mol. The molecule has 0 radical (unpaired) electrons. The Morgan fingerprint density at radius 1 is 1.06 bits per heavy atom. The lowest BCUT2D eigenvalue weighted by atomic mass is 9.95. The van der Waals surface area contributed by atoms with Crippen LogP contribution in [0.1, 0.15) is 52.9 Å². The van der Waals surface area contributed by atoms with Gasteiger partial charge in [0.2, 0.25) is 0 Å². The number of hydrogen-bond acceptors (Lipinski definition) is 3. The third-order valence-corrected chi connectivity index (χ3v) is 3.53. The number of ether oxygens (including phenoxy) is 2. The van der Waals surface area contributed by atoms with Crippen molar-refractivity contribution in [3.63, 3.8) is 0 Å². The fraction of sp³-hybridized carbons (Fsp3) is 0.929. The Morgan fingerprint density at radius 2 is 1.61 bits per heavy atom. The summed E-state index contributed by atoms with van der Waals surface area (Å²) in [6.45, 7) is 7.21. The number of hydrogen-bond donors (Lipinski definition) is 0. The molecule has 0 aromatic carbocycles. The summed E-state index contributed by atoms with van der Waals surface area (Å²) < 4.78 is 11.3. The molecule has 0 atom stereocenters. The van der Waals surface area contributed by atoms with Crippen LogP contribution in [0.2, 0.25) is 0 Å². The molecule has 104 valence electrons. The molecule has 1 saturated carbocycles. The van der Waals surface area contributed by atoms with Crippen LogP contribution in [-0.4, -0.2) is 41.9 Å². The number of nitrogens with zero attached hydrogens (tertiary/aromatic N) is 1. The van der Waals surface area contributed by atoms with Crippen LogP contribution in [0.5, 0.6) is 0 Å². The number of piperidine rings is 1. The van der Waals surface area contributed by atoms with Gasteiger partial charge in [-0.3, -0.25) is 0 Å². The second-order valence-electron chi connectivity index (χ2n) is 6.36. The molecular formula is C14H25NO3. The van der Waals surface area contributed by atoms with Crippen molar-refractivity contribution in [3.8, 4) is 0 Å². The lowest BCUT2D eigenvalue weighted by molar-refractivity contribution is -0.0742. The van der Waals surface area contributed by atoms with E-state index in [-0.39, 0.29) is 6.09 Å². The van der Waals surface area contributed by atoms with E-state index in [1.54, 1.807) is 4.90 Å². The fourth-order valence-corrected chi connectivity index (χ4v) is 2.28. The summed E-state index contributed by atoms with van der Waals surface area (Å²) in [6.07, 6.45) is 6.26. The summed E-state index contributed by atoms with van der Waals surface area (Å²) in [6, 6.07) is 0. The molecule has 0 N–H and O–H groups in total. The number of amides is 1. The van der Waals surface area contributed by atoms with Crippen LogP contribution in [-0.2, 0) is 9.47 Å². The molecule has 18 heavy (non-hydrogen) atoms. The lowest BCUT2D eigenvalue weighted by Crippen LogP contribution is -2.44. The molecule has 1 heterocycles. The Morgan fingerprint density at radius 3 is 2.06 bits per heavy atom. The van der Waals surface area contributed by atoms with E-state index in [9.17, 15) is 4.79 Å². The Labute approximate surface area is 110 Å². The molecule has 1 amide bonds. The van der Waals surface area contributed by atoms with Crippen molar-refractivity contribution in [3.05, 3.63) is 0 Å². The topological polar surface area (TPSA) is 38.8 Å². The fourth-order valence-electron chi connectivity index (χ4n) is 2.28. The molecule has 1 saturated heterocycles. The summed E-state index contributed by atoms with van der Waals surface area (Å²) >= 11 is 0. The minimum atomic E-state index is -0.406. The maximum absolute atomic E-state index is 11.9. The van der Waals surface area contributed by atoms with Gasteiger partial charge in [-0.25, -0.2) is 4.79 Å². The third kappa shape index (κ3) is 3.87. The largest absolute Gasteiger partial charge is 0.444 e. The second kappa shape index (κ2) is 5.47. The van der Waals surface area contributed by atoms with E-state index in [1.165, 1.54) is 19.3 Å². The number of rotatable bonds is 2. The molecule has 4 heteroatoms. The zero-order valence-electron chi connectivity index (χ0n) is 11.8. The van der Waals surface area contributed by atoms with Gasteiger partial charge < -0.3 is 14.4 Å². The van der Waals surface area contributed by atoms with Crippen molar-refractivity contribution in [2.75, 3.05) is 13.1 Å². The second-order valence-corrected chi connectivity index (χ2v) is 6.36. The number of carbonyl (C=O) groups is 1. The standard InChI is InChI=1S/C14H25NO3/c1-14(2,3)18-13(16)15-9-7-12(8-10-15)17-11-5-4-6-11/h11-12H,4-10H2,1-3H3. The molecule has 1 aliphatic carbocycles. The van der Waals surface area contributed by atoms with Crippen LogP contribution in [0, 0.1) is 0 Å². The van der Waals surface area contributed by atoms with Gasteiger partial charge in [0, 0.05) is 13.1 Å². The van der Waals surface area contributed by atoms with Crippen molar-refractivity contribution in [2.45, 2.75) is 70.7 Å². The SMILES string of the molecule is CC(C)(C)OC(=O)N1CCC(OC2CCC2)CC1. The molecule has 0 spiro atoms. The van der Waals surface area contributed by atoms with Crippen LogP contribution in [0.4, 0.5) is 4.79 Å². The van der Waals surface area contributed by atoms with E-state index in [0.717, 1.165) is 25.9 Å². The van der Waals surface area contributed by atoms with Gasteiger partial charge in [-0.2, -0.15) is 0 Å². The zero-order valence-corrected chi connectivity index (χ0v) is 11.8. The van der Waals surface area contributed by atoms with Crippen LogP contribution >= 0.6 is 0 Å². The van der Waals surface area contributed by atoms with Gasteiger partial charge in [0.25, 0.3) is 0 Å². The molecule has 0 bridgehead atoms.